The van der Waals surface area contributed by atoms with Crippen molar-refractivity contribution in [3.63, 3.8) is 0 Å². The van der Waals surface area contributed by atoms with Crippen LogP contribution < -0.4 is 0 Å². The molecule has 2 nitrogen and oxygen atoms in total. The fourth-order valence-corrected chi connectivity index (χ4v) is 2.25. The van der Waals surface area contributed by atoms with E-state index in [1.165, 1.54) is 22.0 Å². The Bertz CT molecular complexity index is 507. The van der Waals surface area contributed by atoms with Gasteiger partial charge in [0.25, 0.3) is 0 Å². The monoisotopic (exact) mass is 188 g/mol. The Labute approximate surface area is 84.6 Å². The van der Waals surface area contributed by atoms with Crippen LogP contribution in [0.25, 0.3) is 10.9 Å². The SMILES string of the molecule is Cc1nc(C)c2c(C)cn(C)c2c1C. The van der Waals surface area contributed by atoms with Gasteiger partial charge in [-0.15, -0.1) is 0 Å². The number of aryl methyl sites for hydroxylation is 5. The van der Waals surface area contributed by atoms with E-state index >= 15 is 0 Å². The van der Waals surface area contributed by atoms with Crippen LogP contribution in [-0.2, 0) is 7.05 Å². The van der Waals surface area contributed by atoms with E-state index in [1.54, 1.807) is 0 Å². The maximum atomic E-state index is 4.56. The first-order valence-electron chi connectivity index (χ1n) is 4.91. The van der Waals surface area contributed by atoms with Crippen LogP contribution in [0.5, 0.6) is 0 Å². The number of fused-ring (bicyclic) bond motifs is 1. The normalized spacial score (nSPS) is 11.2. The summed E-state index contributed by atoms with van der Waals surface area (Å²) in [6.07, 6.45) is 2.17. The lowest BCUT2D eigenvalue weighted by Gasteiger charge is -2.06. The third-order valence-electron chi connectivity index (χ3n) is 2.97. The van der Waals surface area contributed by atoms with Crippen LogP contribution in [0.1, 0.15) is 22.5 Å². The van der Waals surface area contributed by atoms with E-state index in [-0.39, 0.29) is 0 Å². The zero-order chi connectivity index (χ0) is 10.5. The predicted molar refractivity (Wildman–Crippen MR) is 59.7 cm³/mol. The second-order valence-electron chi connectivity index (χ2n) is 4.05. The van der Waals surface area contributed by atoms with Crippen LogP contribution in [0.15, 0.2) is 6.20 Å². The van der Waals surface area contributed by atoms with Gasteiger partial charge in [-0.2, -0.15) is 0 Å². The van der Waals surface area contributed by atoms with Crippen molar-refractivity contribution in [3.05, 3.63) is 28.7 Å². The molecule has 2 heterocycles. The van der Waals surface area contributed by atoms with Crippen molar-refractivity contribution in [2.75, 3.05) is 0 Å². The maximum absolute atomic E-state index is 4.56. The summed E-state index contributed by atoms with van der Waals surface area (Å²) in [7, 11) is 2.10. The summed E-state index contributed by atoms with van der Waals surface area (Å²) in [5, 5.41) is 1.32. The summed E-state index contributed by atoms with van der Waals surface area (Å²) in [6, 6.07) is 0. The number of pyridine rings is 1. The van der Waals surface area contributed by atoms with Crippen molar-refractivity contribution in [2.24, 2.45) is 7.05 Å². The van der Waals surface area contributed by atoms with Gasteiger partial charge in [0, 0.05) is 30.0 Å². The van der Waals surface area contributed by atoms with E-state index in [0.717, 1.165) is 11.4 Å². The van der Waals surface area contributed by atoms with Gasteiger partial charge in [-0.3, -0.25) is 4.98 Å². The molecule has 74 valence electrons. The van der Waals surface area contributed by atoms with E-state index in [2.05, 4.69) is 50.5 Å². The summed E-state index contributed by atoms with van der Waals surface area (Å²) in [4.78, 5) is 4.56. The summed E-state index contributed by atoms with van der Waals surface area (Å²) >= 11 is 0. The Morgan fingerprint density at radius 2 is 1.71 bits per heavy atom. The molecule has 0 aromatic carbocycles. The molecule has 2 aromatic rings. The molecule has 0 N–H and O–H groups in total. The second-order valence-corrected chi connectivity index (χ2v) is 4.05. The standard InChI is InChI=1S/C12H16N2/c1-7-6-14(5)12-8(2)9(3)13-10(4)11(7)12/h6H,1-5H3. The molecule has 2 rings (SSSR count). The average Bonchev–Trinajstić information content (AvgIpc) is 2.38. The molecule has 0 amide bonds. The van der Waals surface area contributed by atoms with E-state index in [1.807, 2.05) is 0 Å². The van der Waals surface area contributed by atoms with Crippen molar-refractivity contribution < 1.29 is 0 Å². The first kappa shape index (κ1) is 9.25. The molecular formula is C12H16N2. The van der Waals surface area contributed by atoms with Gasteiger partial charge >= 0.3 is 0 Å². The van der Waals surface area contributed by atoms with E-state index in [4.69, 9.17) is 0 Å². The van der Waals surface area contributed by atoms with Crippen molar-refractivity contribution in [2.45, 2.75) is 27.7 Å². The number of aromatic nitrogens is 2. The minimum absolute atomic E-state index is 1.14. The highest BCUT2D eigenvalue weighted by molar-refractivity contribution is 5.88. The molecule has 0 radical (unpaired) electrons. The molecule has 2 aromatic heterocycles. The van der Waals surface area contributed by atoms with Crippen molar-refractivity contribution in [1.82, 2.24) is 9.55 Å². The lowest BCUT2D eigenvalue weighted by atomic mass is 10.1. The molecule has 0 aliphatic carbocycles. The first-order valence-corrected chi connectivity index (χ1v) is 4.91. The Morgan fingerprint density at radius 1 is 1.07 bits per heavy atom. The highest BCUT2D eigenvalue weighted by Gasteiger charge is 2.11. The fraction of sp³-hybridized carbons (Fsp3) is 0.417. The first-order chi connectivity index (χ1) is 6.52. The van der Waals surface area contributed by atoms with Crippen LogP contribution in [-0.4, -0.2) is 9.55 Å². The van der Waals surface area contributed by atoms with Crippen LogP contribution in [0.3, 0.4) is 0 Å². The molecular weight excluding hydrogens is 172 g/mol. The second kappa shape index (κ2) is 2.84. The van der Waals surface area contributed by atoms with Gasteiger partial charge in [0.15, 0.2) is 0 Å². The van der Waals surface area contributed by atoms with Crippen molar-refractivity contribution >= 4 is 10.9 Å². The molecule has 0 saturated heterocycles. The molecule has 0 saturated carbocycles. The fourth-order valence-electron chi connectivity index (χ4n) is 2.25. The molecule has 0 fully saturated rings. The molecule has 0 aliphatic heterocycles. The van der Waals surface area contributed by atoms with Gasteiger partial charge in [-0.1, -0.05) is 0 Å². The van der Waals surface area contributed by atoms with Gasteiger partial charge < -0.3 is 4.57 Å². The molecule has 0 bridgehead atoms. The molecule has 0 atom stereocenters. The maximum Gasteiger partial charge on any atom is 0.0546 e. The lowest BCUT2D eigenvalue weighted by Crippen LogP contribution is -1.95. The zero-order valence-corrected chi connectivity index (χ0v) is 9.47. The third-order valence-corrected chi connectivity index (χ3v) is 2.97. The van der Waals surface area contributed by atoms with E-state index in [9.17, 15) is 0 Å². The van der Waals surface area contributed by atoms with Crippen LogP contribution in [0, 0.1) is 27.7 Å². The minimum atomic E-state index is 1.14. The van der Waals surface area contributed by atoms with E-state index < -0.39 is 0 Å². The van der Waals surface area contributed by atoms with Gasteiger partial charge in [0.1, 0.15) is 0 Å². The van der Waals surface area contributed by atoms with Gasteiger partial charge in [0.05, 0.1) is 5.52 Å². The van der Waals surface area contributed by atoms with Crippen LogP contribution >= 0.6 is 0 Å². The van der Waals surface area contributed by atoms with Gasteiger partial charge in [-0.25, -0.2) is 0 Å². The van der Waals surface area contributed by atoms with Crippen molar-refractivity contribution in [3.8, 4) is 0 Å². The topological polar surface area (TPSA) is 17.8 Å². The van der Waals surface area contributed by atoms with Gasteiger partial charge in [-0.05, 0) is 38.8 Å². The van der Waals surface area contributed by atoms with Crippen LogP contribution in [0.2, 0.25) is 0 Å². The molecule has 0 aliphatic rings. The number of nitrogens with zero attached hydrogens (tertiary/aromatic N) is 2. The quantitative estimate of drug-likeness (QED) is 0.621. The lowest BCUT2D eigenvalue weighted by molar-refractivity contribution is 0.953. The minimum Gasteiger partial charge on any atom is -0.350 e. The Kier molecular flexibility index (Phi) is 1.88. The number of hydrogen-bond acceptors (Lipinski definition) is 1. The van der Waals surface area contributed by atoms with Gasteiger partial charge in [0.2, 0.25) is 0 Å². The van der Waals surface area contributed by atoms with Crippen LogP contribution in [0.4, 0.5) is 0 Å². The molecule has 0 unspecified atom stereocenters. The Balaban J connectivity index is 3.05. The highest BCUT2D eigenvalue weighted by atomic mass is 14.9. The zero-order valence-electron chi connectivity index (χ0n) is 9.47. The summed E-state index contributed by atoms with van der Waals surface area (Å²) in [6.45, 7) is 8.45. The molecule has 0 spiro atoms. The molecule has 14 heavy (non-hydrogen) atoms. The van der Waals surface area contributed by atoms with Crippen molar-refractivity contribution in [1.29, 1.82) is 0 Å². The number of hydrogen-bond donors (Lipinski definition) is 0. The third kappa shape index (κ3) is 1.07. The largest absolute Gasteiger partial charge is 0.350 e. The Hall–Kier alpha value is -1.31. The predicted octanol–water partition coefficient (Wildman–Crippen LogP) is 2.81. The number of rotatable bonds is 0. The smallest absolute Gasteiger partial charge is 0.0546 e. The summed E-state index contributed by atoms with van der Waals surface area (Å²) in [5.41, 5.74) is 6.21. The summed E-state index contributed by atoms with van der Waals surface area (Å²) < 4.78 is 2.20. The average molecular weight is 188 g/mol. The highest BCUT2D eigenvalue weighted by Crippen LogP contribution is 2.26. The summed E-state index contributed by atoms with van der Waals surface area (Å²) in [5.74, 6) is 0. The molecule has 2 heteroatoms. The Morgan fingerprint density at radius 3 is 2.36 bits per heavy atom. The van der Waals surface area contributed by atoms with E-state index in [0.29, 0.717) is 0 Å².